The largest absolute Gasteiger partial charge is 0.468 e. The standard InChI is InChI=1S/C13H18N2O4/c1-9(2)14(8-13(16)19-4)11-6-5-10(3)7-12(11)15(17)18/h5-7,9H,8H2,1-4H3. The third-order valence-electron chi connectivity index (χ3n) is 2.79. The first-order valence-electron chi connectivity index (χ1n) is 5.95. The number of esters is 1. The number of ether oxygens (including phenoxy) is 1. The van der Waals surface area contributed by atoms with E-state index in [1.165, 1.54) is 13.2 Å². The number of nitrogens with zero attached hydrogens (tertiary/aromatic N) is 2. The maximum atomic E-state index is 11.4. The Balaban J connectivity index is 3.22. The molecule has 1 aromatic carbocycles. The summed E-state index contributed by atoms with van der Waals surface area (Å²) >= 11 is 0. The smallest absolute Gasteiger partial charge is 0.325 e. The molecule has 104 valence electrons. The quantitative estimate of drug-likeness (QED) is 0.464. The van der Waals surface area contributed by atoms with E-state index in [9.17, 15) is 14.9 Å². The maximum absolute atomic E-state index is 11.4. The Morgan fingerprint density at radius 1 is 1.47 bits per heavy atom. The molecule has 6 nitrogen and oxygen atoms in total. The predicted molar refractivity (Wildman–Crippen MR) is 72.3 cm³/mol. The number of methoxy groups -OCH3 is 1. The first-order valence-corrected chi connectivity index (χ1v) is 5.95. The van der Waals surface area contributed by atoms with Crippen molar-refractivity contribution in [2.24, 2.45) is 0 Å². The van der Waals surface area contributed by atoms with E-state index in [2.05, 4.69) is 4.74 Å². The SMILES string of the molecule is COC(=O)CN(c1ccc(C)cc1[N+](=O)[O-])C(C)C. The van der Waals surface area contributed by atoms with Crippen LogP contribution >= 0.6 is 0 Å². The Morgan fingerprint density at radius 3 is 2.58 bits per heavy atom. The molecule has 0 aliphatic rings. The second-order valence-corrected chi connectivity index (χ2v) is 4.55. The van der Waals surface area contributed by atoms with Gasteiger partial charge in [-0.25, -0.2) is 0 Å². The van der Waals surface area contributed by atoms with E-state index in [0.29, 0.717) is 5.69 Å². The summed E-state index contributed by atoms with van der Waals surface area (Å²) in [6.45, 7) is 5.51. The topological polar surface area (TPSA) is 72.7 Å². The number of aryl methyl sites for hydroxylation is 1. The highest BCUT2D eigenvalue weighted by molar-refractivity contribution is 5.78. The Morgan fingerprint density at radius 2 is 2.11 bits per heavy atom. The van der Waals surface area contributed by atoms with Crippen molar-refractivity contribution in [1.29, 1.82) is 0 Å². The van der Waals surface area contributed by atoms with E-state index in [1.54, 1.807) is 24.0 Å². The molecule has 0 amide bonds. The molecule has 0 aromatic heterocycles. The van der Waals surface area contributed by atoms with Crippen LogP contribution in [0, 0.1) is 17.0 Å². The zero-order valence-corrected chi connectivity index (χ0v) is 11.5. The molecule has 0 aliphatic carbocycles. The van der Waals surface area contributed by atoms with Crippen LogP contribution in [0.25, 0.3) is 0 Å². The lowest BCUT2D eigenvalue weighted by Gasteiger charge is -2.27. The van der Waals surface area contributed by atoms with E-state index in [1.807, 2.05) is 13.8 Å². The predicted octanol–water partition coefficient (Wildman–Crippen LogP) is 2.29. The molecule has 1 rings (SSSR count). The van der Waals surface area contributed by atoms with Gasteiger partial charge in [-0.15, -0.1) is 0 Å². The molecule has 19 heavy (non-hydrogen) atoms. The van der Waals surface area contributed by atoms with Crippen LogP contribution in [0.5, 0.6) is 0 Å². The van der Waals surface area contributed by atoms with E-state index in [0.717, 1.165) is 5.56 Å². The lowest BCUT2D eigenvalue weighted by Crippen LogP contribution is -2.36. The number of hydrogen-bond acceptors (Lipinski definition) is 5. The number of hydrogen-bond donors (Lipinski definition) is 0. The van der Waals surface area contributed by atoms with Crippen LogP contribution in [0.15, 0.2) is 18.2 Å². The number of rotatable bonds is 5. The van der Waals surface area contributed by atoms with E-state index < -0.39 is 10.9 Å². The van der Waals surface area contributed by atoms with Gasteiger partial charge < -0.3 is 9.64 Å². The third kappa shape index (κ3) is 3.67. The molecule has 0 spiro atoms. The summed E-state index contributed by atoms with van der Waals surface area (Å²) in [5.41, 5.74) is 1.23. The lowest BCUT2D eigenvalue weighted by molar-refractivity contribution is -0.384. The van der Waals surface area contributed by atoms with Gasteiger partial charge in [0.2, 0.25) is 0 Å². The minimum Gasteiger partial charge on any atom is -0.468 e. The average Bonchev–Trinajstić information content (AvgIpc) is 2.35. The first-order chi connectivity index (χ1) is 8.86. The summed E-state index contributed by atoms with van der Waals surface area (Å²) in [6.07, 6.45) is 0. The minimum absolute atomic E-state index is 0.00222. The normalized spacial score (nSPS) is 10.4. The zero-order chi connectivity index (χ0) is 14.6. The molecule has 0 fully saturated rings. The summed E-state index contributed by atoms with van der Waals surface area (Å²) in [7, 11) is 1.30. The molecule has 0 atom stereocenters. The fourth-order valence-corrected chi connectivity index (χ4v) is 1.77. The number of anilines is 1. The van der Waals surface area contributed by atoms with Crippen LogP contribution in [-0.4, -0.2) is 30.6 Å². The van der Waals surface area contributed by atoms with Gasteiger partial charge in [-0.2, -0.15) is 0 Å². The second-order valence-electron chi connectivity index (χ2n) is 4.55. The van der Waals surface area contributed by atoms with Gasteiger partial charge in [0.15, 0.2) is 0 Å². The highest BCUT2D eigenvalue weighted by Gasteiger charge is 2.23. The number of carbonyl (C=O) groups is 1. The van der Waals surface area contributed by atoms with Crippen LogP contribution in [0.3, 0.4) is 0 Å². The van der Waals surface area contributed by atoms with Crippen molar-refractivity contribution in [3.63, 3.8) is 0 Å². The molecule has 6 heteroatoms. The van der Waals surface area contributed by atoms with Crippen molar-refractivity contribution < 1.29 is 14.5 Å². The molecule has 0 bridgehead atoms. The van der Waals surface area contributed by atoms with Crippen LogP contribution in [0.4, 0.5) is 11.4 Å². The van der Waals surface area contributed by atoms with Crippen LogP contribution in [0.1, 0.15) is 19.4 Å². The van der Waals surface area contributed by atoms with Crippen molar-refractivity contribution >= 4 is 17.3 Å². The zero-order valence-electron chi connectivity index (χ0n) is 11.5. The number of benzene rings is 1. The molecule has 0 N–H and O–H groups in total. The number of carbonyl (C=O) groups excluding carboxylic acids is 1. The number of nitro groups is 1. The Labute approximate surface area is 112 Å². The van der Waals surface area contributed by atoms with Gasteiger partial charge in [0.05, 0.1) is 12.0 Å². The highest BCUT2D eigenvalue weighted by Crippen LogP contribution is 2.30. The van der Waals surface area contributed by atoms with Crippen molar-refractivity contribution in [1.82, 2.24) is 0 Å². The summed E-state index contributed by atoms with van der Waals surface area (Å²) in [4.78, 5) is 23.8. The molecule has 0 heterocycles. The lowest BCUT2D eigenvalue weighted by atomic mass is 10.1. The van der Waals surface area contributed by atoms with E-state index in [4.69, 9.17) is 0 Å². The van der Waals surface area contributed by atoms with Crippen LogP contribution in [0.2, 0.25) is 0 Å². The monoisotopic (exact) mass is 266 g/mol. The first kappa shape index (κ1) is 14.9. The second kappa shape index (κ2) is 6.17. The van der Waals surface area contributed by atoms with Crippen molar-refractivity contribution in [3.05, 3.63) is 33.9 Å². The molecule has 0 aliphatic heterocycles. The molecule has 0 saturated heterocycles. The van der Waals surface area contributed by atoms with E-state index in [-0.39, 0.29) is 18.3 Å². The Bertz CT molecular complexity index is 486. The van der Waals surface area contributed by atoms with E-state index >= 15 is 0 Å². The third-order valence-corrected chi connectivity index (χ3v) is 2.79. The van der Waals surface area contributed by atoms with Gasteiger partial charge in [-0.3, -0.25) is 14.9 Å². The van der Waals surface area contributed by atoms with Crippen LogP contribution < -0.4 is 4.90 Å². The highest BCUT2D eigenvalue weighted by atomic mass is 16.6. The molecule has 0 radical (unpaired) electrons. The summed E-state index contributed by atoms with van der Waals surface area (Å²) < 4.78 is 4.63. The summed E-state index contributed by atoms with van der Waals surface area (Å²) in [5, 5.41) is 11.1. The van der Waals surface area contributed by atoms with Gasteiger partial charge in [0, 0.05) is 12.1 Å². The van der Waals surface area contributed by atoms with Gasteiger partial charge in [0.25, 0.3) is 5.69 Å². The van der Waals surface area contributed by atoms with Gasteiger partial charge >= 0.3 is 5.97 Å². The number of nitro benzene ring substituents is 1. The van der Waals surface area contributed by atoms with Crippen LogP contribution in [-0.2, 0) is 9.53 Å². The van der Waals surface area contributed by atoms with Gasteiger partial charge in [0.1, 0.15) is 12.2 Å². The maximum Gasteiger partial charge on any atom is 0.325 e. The molecular formula is C13H18N2O4. The minimum atomic E-state index is -0.436. The Kier molecular flexibility index (Phi) is 4.86. The van der Waals surface area contributed by atoms with Crippen molar-refractivity contribution in [2.45, 2.75) is 26.8 Å². The molecule has 1 aromatic rings. The molecule has 0 saturated carbocycles. The molecule has 0 unspecified atom stereocenters. The van der Waals surface area contributed by atoms with Gasteiger partial charge in [-0.1, -0.05) is 6.07 Å². The summed E-state index contributed by atoms with van der Waals surface area (Å²) in [5.74, 6) is -0.427. The Hall–Kier alpha value is -2.11. The summed E-state index contributed by atoms with van der Waals surface area (Å²) in [6, 6.07) is 4.90. The average molecular weight is 266 g/mol. The van der Waals surface area contributed by atoms with Gasteiger partial charge in [-0.05, 0) is 32.4 Å². The molecular weight excluding hydrogens is 248 g/mol. The van der Waals surface area contributed by atoms with Crippen molar-refractivity contribution in [2.75, 3.05) is 18.6 Å². The fraction of sp³-hybridized carbons (Fsp3) is 0.462. The fourth-order valence-electron chi connectivity index (χ4n) is 1.77. The van der Waals surface area contributed by atoms with Crippen molar-refractivity contribution in [3.8, 4) is 0 Å².